The summed E-state index contributed by atoms with van der Waals surface area (Å²) in [6.45, 7) is -0.627. The maximum atomic E-state index is 14.4. The van der Waals surface area contributed by atoms with Crippen LogP contribution in [0.2, 0.25) is 10.0 Å². The number of nitrogens with two attached hydrogens (primary N) is 1. The van der Waals surface area contributed by atoms with Crippen LogP contribution in [0, 0.1) is 5.92 Å². The summed E-state index contributed by atoms with van der Waals surface area (Å²) in [6, 6.07) is 6.40. The number of hydrogen-bond donors (Lipinski definition) is 2. The molecule has 1 fully saturated rings. The summed E-state index contributed by atoms with van der Waals surface area (Å²) in [5.74, 6) is -0.300. The van der Waals surface area contributed by atoms with Crippen LogP contribution >= 0.6 is 23.2 Å². The minimum Gasteiger partial charge on any atom is -0.462 e. The lowest BCUT2D eigenvalue weighted by Crippen LogP contribution is -2.31. The summed E-state index contributed by atoms with van der Waals surface area (Å²) in [7, 11) is 1.51. The Bertz CT molecular complexity index is 1050. The van der Waals surface area contributed by atoms with E-state index < -0.39 is 18.1 Å². The van der Waals surface area contributed by atoms with E-state index in [0.717, 1.165) is 6.42 Å². The molecule has 0 bridgehead atoms. The molecule has 1 aliphatic carbocycles. The zero-order valence-electron chi connectivity index (χ0n) is 16.7. The summed E-state index contributed by atoms with van der Waals surface area (Å²) < 4.78 is 25.0. The number of methoxy groups -OCH3 is 1. The van der Waals surface area contributed by atoms with E-state index in [1.807, 2.05) is 0 Å². The number of carbonyl (C=O) groups excluding carboxylic acids is 1. The van der Waals surface area contributed by atoms with Gasteiger partial charge in [0.25, 0.3) is 11.9 Å². The van der Waals surface area contributed by atoms with Crippen molar-refractivity contribution in [1.82, 2.24) is 4.98 Å². The number of pyridine rings is 1. The van der Waals surface area contributed by atoms with E-state index in [1.165, 1.54) is 13.3 Å². The molecule has 31 heavy (non-hydrogen) atoms. The van der Waals surface area contributed by atoms with E-state index in [2.05, 4.69) is 15.3 Å². The van der Waals surface area contributed by atoms with Gasteiger partial charge in [-0.1, -0.05) is 23.2 Å². The summed E-state index contributed by atoms with van der Waals surface area (Å²) in [5, 5.41) is 3.51. The molecule has 4 rings (SSSR count). The van der Waals surface area contributed by atoms with E-state index in [4.69, 9.17) is 38.4 Å². The van der Waals surface area contributed by atoms with Crippen LogP contribution < -0.4 is 11.1 Å². The molecule has 0 radical (unpaired) electrons. The number of nitrogens with zero attached hydrogens (tertiary/aromatic N) is 2. The Hall–Kier alpha value is -2.42. The average molecular weight is 467 g/mol. The first kappa shape index (κ1) is 21.8. The second-order valence-electron chi connectivity index (χ2n) is 7.71. The van der Waals surface area contributed by atoms with Crippen molar-refractivity contribution in [3.63, 3.8) is 0 Å². The van der Waals surface area contributed by atoms with Gasteiger partial charge in [-0.05, 0) is 37.1 Å². The fourth-order valence-corrected chi connectivity index (χ4v) is 4.35. The smallest absolute Gasteiger partial charge is 0.283 e. The number of benzene rings is 1. The second kappa shape index (κ2) is 8.61. The van der Waals surface area contributed by atoms with Gasteiger partial charge in [-0.15, -0.1) is 0 Å². The third-order valence-corrected chi connectivity index (χ3v) is 5.99. The highest BCUT2D eigenvalue weighted by molar-refractivity contribution is 6.31. The van der Waals surface area contributed by atoms with Crippen molar-refractivity contribution in [2.45, 2.75) is 31.1 Å². The molecule has 164 valence electrons. The van der Waals surface area contributed by atoms with E-state index in [0.29, 0.717) is 33.3 Å². The molecular formula is C21H21Cl2FN4O3. The molecule has 7 nitrogen and oxygen atoms in total. The maximum absolute atomic E-state index is 14.4. The molecule has 0 spiro atoms. The average Bonchev–Trinajstić information content (AvgIpc) is 3.46. The van der Waals surface area contributed by atoms with Crippen LogP contribution in [0.3, 0.4) is 0 Å². The van der Waals surface area contributed by atoms with Crippen LogP contribution in [0.4, 0.5) is 10.1 Å². The number of aliphatic imine (C=N–C) groups is 1. The van der Waals surface area contributed by atoms with Crippen molar-refractivity contribution in [3.05, 3.63) is 57.3 Å². The zero-order valence-corrected chi connectivity index (χ0v) is 18.2. The highest BCUT2D eigenvalue weighted by Gasteiger charge is 2.50. The van der Waals surface area contributed by atoms with Crippen molar-refractivity contribution < 1.29 is 18.7 Å². The SMILES string of the molecule is COCc1cc(Cl)cnc1C(=O)Nc1ccc(Cl)c(C2(CF)CC3CC3OC(N)=N2)c1. The molecule has 1 aliphatic heterocycles. The molecule has 1 aromatic heterocycles. The number of rotatable bonds is 6. The lowest BCUT2D eigenvalue weighted by Gasteiger charge is -2.28. The molecule has 2 aliphatic rings. The van der Waals surface area contributed by atoms with Crippen molar-refractivity contribution in [3.8, 4) is 0 Å². The summed E-state index contributed by atoms with van der Waals surface area (Å²) in [4.78, 5) is 21.3. The monoisotopic (exact) mass is 466 g/mol. The van der Waals surface area contributed by atoms with Crippen molar-refractivity contribution in [1.29, 1.82) is 0 Å². The van der Waals surface area contributed by atoms with E-state index in [9.17, 15) is 9.18 Å². The third-order valence-electron chi connectivity index (χ3n) is 5.45. The molecule has 1 saturated carbocycles. The van der Waals surface area contributed by atoms with Gasteiger partial charge in [0.15, 0.2) is 0 Å². The van der Waals surface area contributed by atoms with Gasteiger partial charge in [0.2, 0.25) is 0 Å². The van der Waals surface area contributed by atoms with Crippen molar-refractivity contribution >= 4 is 40.8 Å². The number of halogens is 3. The Morgan fingerprint density at radius 2 is 2.23 bits per heavy atom. The topological polar surface area (TPSA) is 98.8 Å². The first-order valence-corrected chi connectivity index (χ1v) is 10.4. The third kappa shape index (κ3) is 4.46. The van der Waals surface area contributed by atoms with Gasteiger partial charge >= 0.3 is 0 Å². The van der Waals surface area contributed by atoms with Gasteiger partial charge in [-0.3, -0.25) is 4.79 Å². The van der Waals surface area contributed by atoms with Crippen LogP contribution in [-0.4, -0.2) is 36.8 Å². The standard InChI is InChI=1S/C21H21Cl2FN4O3/c1-30-9-12-4-13(22)8-26-18(12)19(29)27-14-2-3-16(23)15(6-14)21(10-24)7-11-5-17(11)31-20(25)28-21/h2-4,6,8,11,17H,5,7,9-10H2,1H3,(H2,25,28)(H,27,29). The normalized spacial score (nSPS) is 24.5. The number of ether oxygens (including phenoxy) is 2. The largest absolute Gasteiger partial charge is 0.462 e. The fourth-order valence-electron chi connectivity index (χ4n) is 3.88. The number of hydrogen-bond acceptors (Lipinski definition) is 6. The number of alkyl halides is 1. The first-order chi connectivity index (χ1) is 14.8. The molecule has 1 aromatic carbocycles. The minimum atomic E-state index is -1.27. The number of amidine groups is 1. The molecule has 0 saturated heterocycles. The lowest BCUT2D eigenvalue weighted by molar-refractivity contribution is 0.101. The molecular weight excluding hydrogens is 446 g/mol. The molecule has 2 heterocycles. The van der Waals surface area contributed by atoms with Gasteiger partial charge in [0.1, 0.15) is 24.0 Å². The molecule has 3 atom stereocenters. The number of amides is 1. The zero-order chi connectivity index (χ0) is 22.2. The van der Waals surface area contributed by atoms with Crippen LogP contribution in [0.1, 0.15) is 34.5 Å². The Morgan fingerprint density at radius 1 is 1.42 bits per heavy atom. The van der Waals surface area contributed by atoms with Crippen LogP contribution in [0.5, 0.6) is 0 Å². The molecule has 1 amide bonds. The Labute approximate surface area is 188 Å². The Morgan fingerprint density at radius 3 is 2.97 bits per heavy atom. The minimum absolute atomic E-state index is 0.0333. The van der Waals surface area contributed by atoms with Crippen molar-refractivity contribution in [2.75, 3.05) is 19.1 Å². The summed E-state index contributed by atoms with van der Waals surface area (Å²) >= 11 is 12.4. The quantitative estimate of drug-likeness (QED) is 0.668. The van der Waals surface area contributed by atoms with Gasteiger partial charge in [-0.2, -0.15) is 0 Å². The number of anilines is 1. The number of nitrogens with one attached hydrogen (secondary N) is 1. The predicted octanol–water partition coefficient (Wildman–Crippen LogP) is 4.08. The fraction of sp³-hybridized carbons (Fsp3) is 0.381. The highest BCUT2D eigenvalue weighted by atomic mass is 35.5. The Balaban J connectivity index is 1.66. The molecule has 2 aromatic rings. The van der Waals surface area contributed by atoms with Crippen molar-refractivity contribution in [2.24, 2.45) is 16.6 Å². The van der Waals surface area contributed by atoms with E-state index in [-0.39, 0.29) is 30.3 Å². The second-order valence-corrected chi connectivity index (χ2v) is 8.56. The lowest BCUT2D eigenvalue weighted by atomic mass is 9.86. The van der Waals surface area contributed by atoms with E-state index >= 15 is 0 Å². The van der Waals surface area contributed by atoms with Crippen LogP contribution in [-0.2, 0) is 21.6 Å². The molecule has 10 heteroatoms. The Kier molecular flexibility index (Phi) is 6.05. The highest BCUT2D eigenvalue weighted by Crippen LogP contribution is 2.49. The van der Waals surface area contributed by atoms with Gasteiger partial charge in [0.05, 0.1) is 11.6 Å². The van der Waals surface area contributed by atoms with Gasteiger partial charge in [-0.25, -0.2) is 14.4 Å². The molecule has 3 unspecified atom stereocenters. The molecule has 3 N–H and O–H groups in total. The number of carbonyl (C=O) groups is 1. The summed E-state index contributed by atoms with van der Waals surface area (Å²) in [5.41, 5.74) is 6.17. The van der Waals surface area contributed by atoms with Crippen LogP contribution in [0.25, 0.3) is 0 Å². The maximum Gasteiger partial charge on any atom is 0.283 e. The van der Waals surface area contributed by atoms with Gasteiger partial charge in [0, 0.05) is 41.1 Å². The van der Waals surface area contributed by atoms with Gasteiger partial charge < -0.3 is 20.5 Å². The van der Waals surface area contributed by atoms with Crippen LogP contribution in [0.15, 0.2) is 35.5 Å². The predicted molar refractivity (Wildman–Crippen MR) is 116 cm³/mol. The number of fused-ring (bicyclic) bond motifs is 1. The van der Waals surface area contributed by atoms with E-state index in [1.54, 1.807) is 24.3 Å². The first-order valence-electron chi connectivity index (χ1n) is 9.68. The summed E-state index contributed by atoms with van der Waals surface area (Å²) in [6.07, 6.45) is 2.57. The number of aromatic nitrogens is 1.